The molecule has 3 N–H and O–H groups in total. The Morgan fingerprint density at radius 3 is 2.67 bits per heavy atom. The molecule has 2 heterocycles. The molecule has 6 nitrogen and oxygen atoms in total. The SMILES string of the molecule is CC(C)Nc1nc(N)c(C(=O)N2CC(C)C(N(C)C)C2)s1. The first kappa shape index (κ1) is 16.0. The molecule has 2 atom stereocenters. The predicted molar refractivity (Wildman–Crippen MR) is 87.8 cm³/mol. The number of likely N-dealkylation sites (tertiary alicyclic amines) is 1. The molecule has 2 rings (SSSR count). The van der Waals surface area contributed by atoms with Crippen LogP contribution in [0.2, 0.25) is 0 Å². The van der Waals surface area contributed by atoms with Gasteiger partial charge in [-0.3, -0.25) is 4.79 Å². The third-order valence-electron chi connectivity index (χ3n) is 3.78. The fourth-order valence-electron chi connectivity index (χ4n) is 2.73. The zero-order valence-corrected chi connectivity index (χ0v) is 14.2. The molecule has 2 unspecified atom stereocenters. The average molecular weight is 311 g/mol. The first-order valence-electron chi connectivity index (χ1n) is 7.28. The number of carbonyl (C=O) groups is 1. The van der Waals surface area contributed by atoms with Crippen LogP contribution in [0.4, 0.5) is 10.9 Å². The number of nitrogens with zero attached hydrogens (tertiary/aromatic N) is 3. The van der Waals surface area contributed by atoms with Gasteiger partial charge in [0.25, 0.3) is 5.91 Å². The summed E-state index contributed by atoms with van der Waals surface area (Å²) in [6.07, 6.45) is 0. The Labute approximate surface area is 130 Å². The molecule has 0 radical (unpaired) electrons. The summed E-state index contributed by atoms with van der Waals surface area (Å²) in [4.78, 5) is 21.5. The molecule has 0 saturated carbocycles. The molecular formula is C14H25N5OS. The predicted octanol–water partition coefficient (Wildman–Crippen LogP) is 1.57. The summed E-state index contributed by atoms with van der Waals surface area (Å²) < 4.78 is 0. The molecule has 21 heavy (non-hydrogen) atoms. The Kier molecular flexibility index (Phi) is 4.73. The van der Waals surface area contributed by atoms with E-state index < -0.39 is 0 Å². The van der Waals surface area contributed by atoms with Crippen LogP contribution in [0.3, 0.4) is 0 Å². The number of anilines is 2. The van der Waals surface area contributed by atoms with E-state index in [1.165, 1.54) is 11.3 Å². The molecule has 1 aromatic heterocycles. The number of amides is 1. The monoisotopic (exact) mass is 311 g/mol. The summed E-state index contributed by atoms with van der Waals surface area (Å²) in [5.74, 6) is 0.790. The molecule has 0 aliphatic carbocycles. The van der Waals surface area contributed by atoms with Gasteiger partial charge in [-0.15, -0.1) is 0 Å². The minimum atomic E-state index is -0.00185. The fraction of sp³-hybridized carbons (Fsp3) is 0.714. The standard InChI is InChI=1S/C14H25N5OS/c1-8(2)16-14-17-12(15)11(21-14)13(20)19-6-9(3)10(7-19)18(4)5/h8-10H,6-7,15H2,1-5H3,(H,16,17). The number of thiazole rings is 1. The first-order chi connectivity index (χ1) is 9.79. The molecular weight excluding hydrogens is 286 g/mol. The van der Waals surface area contributed by atoms with Crippen molar-refractivity contribution in [3.8, 4) is 0 Å². The molecule has 7 heteroatoms. The highest BCUT2D eigenvalue weighted by Gasteiger charge is 2.35. The van der Waals surface area contributed by atoms with E-state index in [0.717, 1.165) is 13.1 Å². The molecule has 1 fully saturated rings. The van der Waals surface area contributed by atoms with Gasteiger partial charge in [0.05, 0.1) is 0 Å². The number of likely N-dealkylation sites (N-methyl/N-ethyl adjacent to an activating group) is 1. The number of hydrogen-bond donors (Lipinski definition) is 2. The van der Waals surface area contributed by atoms with Gasteiger partial charge in [-0.25, -0.2) is 4.98 Å². The van der Waals surface area contributed by atoms with Gasteiger partial charge in [0, 0.05) is 25.2 Å². The van der Waals surface area contributed by atoms with E-state index in [1.807, 2.05) is 18.7 Å². The van der Waals surface area contributed by atoms with E-state index in [2.05, 4.69) is 36.2 Å². The number of nitrogen functional groups attached to an aromatic ring is 1. The maximum atomic E-state index is 12.7. The highest BCUT2D eigenvalue weighted by Crippen LogP contribution is 2.29. The lowest BCUT2D eigenvalue weighted by Gasteiger charge is -2.22. The summed E-state index contributed by atoms with van der Waals surface area (Å²) >= 11 is 1.34. The zero-order chi connectivity index (χ0) is 15.7. The van der Waals surface area contributed by atoms with Crippen molar-refractivity contribution in [1.29, 1.82) is 0 Å². The van der Waals surface area contributed by atoms with E-state index in [0.29, 0.717) is 27.8 Å². The maximum Gasteiger partial charge on any atom is 0.267 e. The first-order valence-corrected chi connectivity index (χ1v) is 8.09. The van der Waals surface area contributed by atoms with Gasteiger partial charge in [0.2, 0.25) is 0 Å². The Balaban J connectivity index is 2.12. The van der Waals surface area contributed by atoms with Crippen LogP contribution in [0.1, 0.15) is 30.4 Å². The summed E-state index contributed by atoms with van der Waals surface area (Å²) in [5.41, 5.74) is 5.92. The van der Waals surface area contributed by atoms with Crippen molar-refractivity contribution in [3.63, 3.8) is 0 Å². The van der Waals surface area contributed by atoms with Gasteiger partial charge in [-0.05, 0) is 33.9 Å². The van der Waals surface area contributed by atoms with Gasteiger partial charge in [-0.2, -0.15) is 0 Å². The second kappa shape index (κ2) is 6.19. The van der Waals surface area contributed by atoms with Crippen molar-refractivity contribution in [2.24, 2.45) is 5.92 Å². The van der Waals surface area contributed by atoms with E-state index in [4.69, 9.17) is 5.73 Å². The quantitative estimate of drug-likeness (QED) is 0.883. The summed E-state index contributed by atoms with van der Waals surface area (Å²) in [6, 6.07) is 0.666. The number of hydrogen-bond acceptors (Lipinski definition) is 6. The largest absolute Gasteiger partial charge is 0.382 e. The lowest BCUT2D eigenvalue weighted by Crippen LogP contribution is -2.35. The Bertz CT molecular complexity index is 513. The second-order valence-corrected chi connectivity index (χ2v) is 7.25. The Morgan fingerprint density at radius 1 is 1.48 bits per heavy atom. The topological polar surface area (TPSA) is 74.5 Å². The molecule has 0 aromatic carbocycles. The number of aromatic nitrogens is 1. The number of nitrogens with one attached hydrogen (secondary N) is 1. The van der Waals surface area contributed by atoms with E-state index in [1.54, 1.807) is 0 Å². The van der Waals surface area contributed by atoms with Crippen molar-refractivity contribution in [2.45, 2.75) is 32.9 Å². The number of rotatable bonds is 4. The van der Waals surface area contributed by atoms with Crippen molar-refractivity contribution in [3.05, 3.63) is 4.88 Å². The summed E-state index contributed by atoms with van der Waals surface area (Å²) in [6.45, 7) is 7.76. The third-order valence-corrected chi connectivity index (χ3v) is 4.77. The molecule has 1 aromatic rings. The second-order valence-electron chi connectivity index (χ2n) is 6.25. The van der Waals surface area contributed by atoms with Gasteiger partial charge in [-0.1, -0.05) is 18.3 Å². The molecule has 118 valence electrons. The van der Waals surface area contributed by atoms with Crippen molar-refractivity contribution in [2.75, 3.05) is 38.2 Å². The van der Waals surface area contributed by atoms with E-state index in [9.17, 15) is 4.79 Å². The molecule has 1 aliphatic rings. The Morgan fingerprint density at radius 2 is 2.14 bits per heavy atom. The molecule has 1 amide bonds. The van der Waals surface area contributed by atoms with Crippen LogP contribution >= 0.6 is 11.3 Å². The minimum absolute atomic E-state index is 0.00185. The highest BCUT2D eigenvalue weighted by molar-refractivity contribution is 7.18. The smallest absolute Gasteiger partial charge is 0.267 e. The van der Waals surface area contributed by atoms with Crippen molar-refractivity contribution < 1.29 is 4.79 Å². The van der Waals surface area contributed by atoms with Gasteiger partial charge < -0.3 is 20.9 Å². The van der Waals surface area contributed by atoms with Crippen LogP contribution in [-0.4, -0.2) is 60.0 Å². The molecule has 0 spiro atoms. The number of carbonyl (C=O) groups excluding carboxylic acids is 1. The lowest BCUT2D eigenvalue weighted by molar-refractivity contribution is 0.0787. The molecule has 0 bridgehead atoms. The fourth-order valence-corrected chi connectivity index (χ4v) is 3.72. The van der Waals surface area contributed by atoms with E-state index >= 15 is 0 Å². The zero-order valence-electron chi connectivity index (χ0n) is 13.4. The Hall–Kier alpha value is -1.34. The van der Waals surface area contributed by atoms with Gasteiger partial charge >= 0.3 is 0 Å². The summed E-state index contributed by atoms with van der Waals surface area (Å²) in [7, 11) is 4.11. The van der Waals surface area contributed by atoms with Gasteiger partial charge in [0.1, 0.15) is 10.7 Å². The van der Waals surface area contributed by atoms with Gasteiger partial charge in [0.15, 0.2) is 5.13 Å². The minimum Gasteiger partial charge on any atom is -0.382 e. The van der Waals surface area contributed by atoms with Crippen LogP contribution in [0.15, 0.2) is 0 Å². The average Bonchev–Trinajstić information content (AvgIpc) is 2.91. The summed E-state index contributed by atoms with van der Waals surface area (Å²) in [5, 5.41) is 3.91. The van der Waals surface area contributed by atoms with Crippen molar-refractivity contribution >= 4 is 28.2 Å². The van der Waals surface area contributed by atoms with Crippen LogP contribution in [0.5, 0.6) is 0 Å². The van der Waals surface area contributed by atoms with Crippen LogP contribution in [0.25, 0.3) is 0 Å². The number of nitrogens with two attached hydrogens (primary N) is 1. The normalized spacial score (nSPS) is 22.3. The lowest BCUT2D eigenvalue weighted by atomic mass is 10.1. The maximum absolute atomic E-state index is 12.7. The third kappa shape index (κ3) is 3.47. The van der Waals surface area contributed by atoms with Crippen LogP contribution in [-0.2, 0) is 0 Å². The molecule has 1 saturated heterocycles. The van der Waals surface area contributed by atoms with Crippen LogP contribution in [0, 0.1) is 5.92 Å². The highest BCUT2D eigenvalue weighted by atomic mass is 32.1. The van der Waals surface area contributed by atoms with Crippen LogP contribution < -0.4 is 11.1 Å². The molecule has 1 aliphatic heterocycles. The van der Waals surface area contributed by atoms with E-state index in [-0.39, 0.29) is 11.9 Å². The van der Waals surface area contributed by atoms with Crippen molar-refractivity contribution in [1.82, 2.24) is 14.8 Å².